The molecule has 88 valence electrons. The molecule has 0 saturated carbocycles. The van der Waals surface area contributed by atoms with Crippen LogP contribution in [0, 0.1) is 0 Å². The zero-order chi connectivity index (χ0) is 11.8. The molecule has 0 amide bonds. The predicted octanol–water partition coefficient (Wildman–Crippen LogP) is 2.37. The van der Waals surface area contributed by atoms with Crippen LogP contribution in [0.5, 0.6) is 0 Å². The van der Waals surface area contributed by atoms with E-state index in [0.29, 0.717) is 13.2 Å². The Labute approximate surface area is 96.4 Å². The van der Waals surface area contributed by atoms with Crippen molar-refractivity contribution in [2.24, 2.45) is 0 Å². The Morgan fingerprint density at radius 2 is 1.88 bits per heavy atom. The van der Waals surface area contributed by atoms with Crippen LogP contribution in [-0.2, 0) is 14.3 Å². The molecule has 0 aliphatic rings. The second-order valence-corrected chi connectivity index (χ2v) is 3.35. The molecule has 0 heterocycles. The summed E-state index contributed by atoms with van der Waals surface area (Å²) in [5.74, 6) is -0.0325. The van der Waals surface area contributed by atoms with E-state index in [1.165, 1.54) is 0 Å². The van der Waals surface area contributed by atoms with Crippen molar-refractivity contribution in [3.05, 3.63) is 35.9 Å². The van der Waals surface area contributed by atoms with Crippen LogP contribution in [0.4, 0.5) is 0 Å². The standard InChI is InChI=1S/C13H18O3/c1-3-15-10-12(14)13(16-4-2)11-8-6-5-7-9-11/h5-9,13H,3-4,10H2,1-2H3. The highest BCUT2D eigenvalue weighted by molar-refractivity contribution is 5.85. The van der Waals surface area contributed by atoms with Crippen LogP contribution in [-0.4, -0.2) is 25.6 Å². The molecule has 1 rings (SSSR count). The number of ether oxygens (including phenoxy) is 2. The summed E-state index contributed by atoms with van der Waals surface area (Å²) in [7, 11) is 0. The second kappa shape index (κ2) is 7.14. The van der Waals surface area contributed by atoms with E-state index in [1.54, 1.807) is 0 Å². The lowest BCUT2D eigenvalue weighted by Gasteiger charge is -2.16. The fourth-order valence-electron chi connectivity index (χ4n) is 1.45. The molecule has 1 aromatic rings. The highest BCUT2D eigenvalue weighted by Crippen LogP contribution is 2.18. The first kappa shape index (κ1) is 12.9. The molecule has 0 saturated heterocycles. The number of carbonyl (C=O) groups excluding carboxylic acids is 1. The van der Waals surface area contributed by atoms with Crippen LogP contribution in [0.25, 0.3) is 0 Å². The lowest BCUT2D eigenvalue weighted by Crippen LogP contribution is -2.21. The van der Waals surface area contributed by atoms with Gasteiger partial charge in [-0.15, -0.1) is 0 Å². The molecule has 3 nitrogen and oxygen atoms in total. The molecule has 0 bridgehead atoms. The van der Waals surface area contributed by atoms with Crippen molar-refractivity contribution in [1.29, 1.82) is 0 Å². The van der Waals surface area contributed by atoms with Gasteiger partial charge < -0.3 is 9.47 Å². The van der Waals surface area contributed by atoms with Crippen molar-refractivity contribution in [3.8, 4) is 0 Å². The van der Waals surface area contributed by atoms with Gasteiger partial charge in [-0.2, -0.15) is 0 Å². The molecule has 0 aliphatic heterocycles. The third-order valence-corrected chi connectivity index (χ3v) is 2.18. The monoisotopic (exact) mass is 222 g/mol. The van der Waals surface area contributed by atoms with Gasteiger partial charge >= 0.3 is 0 Å². The summed E-state index contributed by atoms with van der Waals surface area (Å²) in [4.78, 5) is 11.8. The van der Waals surface area contributed by atoms with Gasteiger partial charge in [-0.25, -0.2) is 0 Å². The minimum atomic E-state index is -0.502. The number of benzene rings is 1. The highest BCUT2D eigenvalue weighted by atomic mass is 16.5. The summed E-state index contributed by atoms with van der Waals surface area (Å²) < 4.78 is 10.6. The summed E-state index contributed by atoms with van der Waals surface area (Å²) in [5.41, 5.74) is 0.883. The minimum Gasteiger partial charge on any atom is -0.374 e. The third-order valence-electron chi connectivity index (χ3n) is 2.18. The Kier molecular flexibility index (Phi) is 5.75. The molecule has 0 aromatic heterocycles. The largest absolute Gasteiger partial charge is 0.374 e. The fourth-order valence-corrected chi connectivity index (χ4v) is 1.45. The first-order valence-corrected chi connectivity index (χ1v) is 5.56. The van der Waals surface area contributed by atoms with Crippen molar-refractivity contribution >= 4 is 5.78 Å². The summed E-state index contributed by atoms with van der Waals surface area (Å²) in [6.07, 6.45) is -0.502. The number of Topliss-reactive ketones (excluding diaryl/α,β-unsaturated/α-hetero) is 1. The minimum absolute atomic E-state index is 0.0325. The normalized spacial score (nSPS) is 12.4. The van der Waals surface area contributed by atoms with Gasteiger partial charge in [0.25, 0.3) is 0 Å². The molecule has 1 unspecified atom stereocenters. The summed E-state index contributed by atoms with van der Waals surface area (Å²) >= 11 is 0. The van der Waals surface area contributed by atoms with Gasteiger partial charge in [0.15, 0.2) is 5.78 Å². The molecule has 0 spiro atoms. The van der Waals surface area contributed by atoms with Gasteiger partial charge in [0.05, 0.1) is 0 Å². The second-order valence-electron chi connectivity index (χ2n) is 3.35. The third kappa shape index (κ3) is 3.76. The van der Waals surface area contributed by atoms with Crippen LogP contribution in [0.15, 0.2) is 30.3 Å². The molecule has 0 fully saturated rings. The van der Waals surface area contributed by atoms with E-state index in [2.05, 4.69) is 0 Å². The lowest BCUT2D eigenvalue weighted by atomic mass is 10.1. The van der Waals surface area contributed by atoms with Gasteiger partial charge in [-0.3, -0.25) is 4.79 Å². The Hall–Kier alpha value is -1.19. The first-order valence-electron chi connectivity index (χ1n) is 5.56. The number of hydrogen-bond donors (Lipinski definition) is 0. The summed E-state index contributed by atoms with van der Waals surface area (Å²) in [5, 5.41) is 0. The van der Waals surface area contributed by atoms with Crippen molar-refractivity contribution < 1.29 is 14.3 Å². The maximum atomic E-state index is 11.8. The van der Waals surface area contributed by atoms with E-state index in [-0.39, 0.29) is 12.4 Å². The number of hydrogen-bond acceptors (Lipinski definition) is 3. The molecule has 0 radical (unpaired) electrons. The number of ketones is 1. The average molecular weight is 222 g/mol. The Balaban J connectivity index is 2.71. The maximum absolute atomic E-state index is 11.8. The highest BCUT2D eigenvalue weighted by Gasteiger charge is 2.20. The van der Waals surface area contributed by atoms with Crippen LogP contribution >= 0.6 is 0 Å². The average Bonchev–Trinajstić information content (AvgIpc) is 2.34. The van der Waals surface area contributed by atoms with Gasteiger partial charge in [-0.05, 0) is 19.4 Å². The number of rotatable bonds is 7. The van der Waals surface area contributed by atoms with Crippen molar-refractivity contribution in [2.75, 3.05) is 19.8 Å². The van der Waals surface area contributed by atoms with E-state index in [1.807, 2.05) is 44.2 Å². The summed E-state index contributed by atoms with van der Waals surface area (Å²) in [6, 6.07) is 9.50. The smallest absolute Gasteiger partial charge is 0.191 e. The van der Waals surface area contributed by atoms with Crippen LogP contribution in [0.3, 0.4) is 0 Å². The molecular weight excluding hydrogens is 204 g/mol. The molecule has 0 aliphatic carbocycles. The zero-order valence-electron chi connectivity index (χ0n) is 9.81. The lowest BCUT2D eigenvalue weighted by molar-refractivity contribution is -0.135. The van der Waals surface area contributed by atoms with Crippen LogP contribution in [0.1, 0.15) is 25.5 Å². The van der Waals surface area contributed by atoms with Crippen molar-refractivity contribution in [2.45, 2.75) is 20.0 Å². The predicted molar refractivity (Wildman–Crippen MR) is 62.3 cm³/mol. The fraction of sp³-hybridized carbons (Fsp3) is 0.462. The van der Waals surface area contributed by atoms with E-state index < -0.39 is 6.10 Å². The van der Waals surface area contributed by atoms with E-state index in [9.17, 15) is 4.79 Å². The van der Waals surface area contributed by atoms with Gasteiger partial charge in [-0.1, -0.05) is 30.3 Å². The molecule has 1 atom stereocenters. The van der Waals surface area contributed by atoms with E-state index in [4.69, 9.17) is 9.47 Å². The van der Waals surface area contributed by atoms with E-state index in [0.717, 1.165) is 5.56 Å². The van der Waals surface area contributed by atoms with Gasteiger partial charge in [0.1, 0.15) is 12.7 Å². The summed E-state index contributed by atoms with van der Waals surface area (Å²) in [6.45, 7) is 4.91. The molecule has 3 heteroatoms. The Bertz CT molecular complexity index is 308. The quantitative estimate of drug-likeness (QED) is 0.710. The molecule has 1 aromatic carbocycles. The molecular formula is C13H18O3. The first-order chi connectivity index (χ1) is 7.79. The number of carbonyl (C=O) groups is 1. The Morgan fingerprint density at radius 3 is 2.44 bits per heavy atom. The maximum Gasteiger partial charge on any atom is 0.191 e. The van der Waals surface area contributed by atoms with Crippen molar-refractivity contribution in [3.63, 3.8) is 0 Å². The zero-order valence-corrected chi connectivity index (χ0v) is 9.81. The van der Waals surface area contributed by atoms with Crippen molar-refractivity contribution in [1.82, 2.24) is 0 Å². The molecule has 0 N–H and O–H groups in total. The van der Waals surface area contributed by atoms with Gasteiger partial charge in [0.2, 0.25) is 0 Å². The Morgan fingerprint density at radius 1 is 1.19 bits per heavy atom. The van der Waals surface area contributed by atoms with E-state index >= 15 is 0 Å². The van der Waals surface area contributed by atoms with Gasteiger partial charge in [0, 0.05) is 13.2 Å². The van der Waals surface area contributed by atoms with Crippen LogP contribution in [0.2, 0.25) is 0 Å². The topological polar surface area (TPSA) is 35.5 Å². The molecule has 16 heavy (non-hydrogen) atoms. The SMILES string of the molecule is CCOCC(=O)C(OCC)c1ccccc1. The van der Waals surface area contributed by atoms with Crippen LogP contribution < -0.4 is 0 Å².